The van der Waals surface area contributed by atoms with Crippen molar-refractivity contribution in [3.63, 3.8) is 0 Å². The summed E-state index contributed by atoms with van der Waals surface area (Å²) in [5.41, 5.74) is 0. The third kappa shape index (κ3) is 6.88. The highest BCUT2D eigenvalue weighted by Gasteiger charge is 1.62. The van der Waals surface area contributed by atoms with Crippen LogP contribution in [0.2, 0.25) is 0 Å². The first-order valence-electron chi connectivity index (χ1n) is 1.20. The standard InChI is InChI=1S/C3H6O.H/c1-3(2)4;/h1-2H3;. The van der Waals surface area contributed by atoms with Crippen LogP contribution in [0, 0.1) is 0 Å². The summed E-state index contributed by atoms with van der Waals surface area (Å²) in [6.45, 7) is 3.06. The predicted molar refractivity (Wildman–Crippen MR) is 17.5 cm³/mol. The third-order valence-corrected chi connectivity index (χ3v) is 0. The molecule has 25 valence electrons. The molecule has 0 atom stereocenters. The number of carbonyl (C=O) groups is 1. The molecule has 0 aliphatic heterocycles. The Hall–Kier alpha value is -0.330. The molecule has 0 aliphatic rings. The van der Waals surface area contributed by atoms with E-state index in [0.717, 1.165) is 0 Å². The van der Waals surface area contributed by atoms with Gasteiger partial charge in [-0.3, -0.25) is 0 Å². The molecular formula is C3H7O. The van der Waals surface area contributed by atoms with Gasteiger partial charge in [0.1, 0.15) is 5.78 Å². The molecule has 0 aliphatic carbocycles. The first-order chi connectivity index (χ1) is 1.73. The summed E-state index contributed by atoms with van der Waals surface area (Å²) in [6, 6.07) is 0. The average molecular weight is 59.1 g/mol. The first kappa shape index (κ1) is 3.67. The Morgan fingerprint density at radius 1 is 1.75 bits per heavy atom. The molecule has 0 aromatic carbocycles. The second-order valence-corrected chi connectivity index (χ2v) is 0.908. The maximum absolute atomic E-state index is 9.44. The van der Waals surface area contributed by atoms with Crippen LogP contribution in [-0.4, -0.2) is 5.78 Å². The van der Waals surface area contributed by atoms with Crippen molar-refractivity contribution in [3.05, 3.63) is 0 Å². The highest BCUT2D eigenvalue weighted by Crippen LogP contribution is 1.50. The zero-order chi connectivity index (χ0) is 3.58. The SMILES string of the molecule is CC(C)=O.[H]. The van der Waals surface area contributed by atoms with Gasteiger partial charge < -0.3 is 4.79 Å². The van der Waals surface area contributed by atoms with Crippen LogP contribution >= 0.6 is 0 Å². The van der Waals surface area contributed by atoms with Crippen LogP contribution in [0.15, 0.2) is 0 Å². The molecule has 0 aromatic rings. The molecule has 0 spiro atoms. The third-order valence-electron chi connectivity index (χ3n) is 0. The van der Waals surface area contributed by atoms with E-state index >= 15 is 0 Å². The van der Waals surface area contributed by atoms with E-state index < -0.39 is 0 Å². The van der Waals surface area contributed by atoms with Crippen LogP contribution in [0.3, 0.4) is 0 Å². The molecule has 0 aromatic heterocycles. The Morgan fingerprint density at radius 3 is 1.75 bits per heavy atom. The van der Waals surface area contributed by atoms with Crippen LogP contribution in [0.25, 0.3) is 0 Å². The molecule has 0 bridgehead atoms. The van der Waals surface area contributed by atoms with Gasteiger partial charge in [-0.2, -0.15) is 0 Å². The lowest BCUT2D eigenvalue weighted by Crippen LogP contribution is -1.69. The molecule has 4 heavy (non-hydrogen) atoms. The van der Waals surface area contributed by atoms with E-state index in [1.165, 1.54) is 13.8 Å². The number of hydrogen-bond donors (Lipinski definition) is 0. The summed E-state index contributed by atoms with van der Waals surface area (Å²) < 4.78 is 0. The van der Waals surface area contributed by atoms with Gasteiger partial charge in [-0.25, -0.2) is 0 Å². The predicted octanol–water partition coefficient (Wildman–Crippen LogP) is 0.708. The largest absolute Gasteiger partial charge is 0.300 e. The zero-order valence-corrected chi connectivity index (χ0v) is 2.91. The number of Topliss-reactive ketones (excluding diaryl/α,β-unsaturated/α-hetero) is 1. The summed E-state index contributed by atoms with van der Waals surface area (Å²) in [4.78, 5) is 9.44. The van der Waals surface area contributed by atoms with Gasteiger partial charge in [0.05, 0.1) is 0 Å². The van der Waals surface area contributed by atoms with E-state index in [1.807, 2.05) is 0 Å². The minimum Gasteiger partial charge on any atom is -0.300 e. The van der Waals surface area contributed by atoms with E-state index in [0.29, 0.717) is 0 Å². The lowest BCUT2D eigenvalue weighted by molar-refractivity contribution is -0.114. The van der Waals surface area contributed by atoms with Crippen LogP contribution in [0.1, 0.15) is 15.3 Å². The van der Waals surface area contributed by atoms with Crippen molar-refractivity contribution >= 4 is 5.78 Å². The van der Waals surface area contributed by atoms with E-state index in [9.17, 15) is 4.79 Å². The number of carbonyl (C=O) groups excluding carboxylic acids is 1. The molecule has 0 heterocycles. The number of ketones is 1. The molecule has 0 fully saturated rings. The van der Waals surface area contributed by atoms with Gasteiger partial charge in [-0.15, -0.1) is 0 Å². The zero-order valence-electron chi connectivity index (χ0n) is 3.91. The Labute approximate surface area is 27.1 Å². The van der Waals surface area contributed by atoms with Crippen molar-refractivity contribution in [2.75, 3.05) is 0 Å². The minimum atomic E-state index is 0. The highest BCUT2D eigenvalue weighted by molar-refractivity contribution is 5.72. The van der Waals surface area contributed by atoms with Crippen LogP contribution in [-0.2, 0) is 4.79 Å². The fraction of sp³-hybridized carbons (Fsp3) is 0.667. The average Bonchev–Trinajstić information content (AvgIpc) is 0.811. The van der Waals surface area contributed by atoms with Crippen molar-refractivity contribution < 1.29 is 6.22 Å². The summed E-state index contributed by atoms with van der Waals surface area (Å²) in [5, 5.41) is 0. The summed E-state index contributed by atoms with van der Waals surface area (Å²) in [6.07, 6.45) is 0. The van der Waals surface area contributed by atoms with Crippen molar-refractivity contribution in [1.82, 2.24) is 0 Å². The smallest absolute Gasteiger partial charge is 0.126 e. The second kappa shape index (κ2) is 1.04. The van der Waals surface area contributed by atoms with Gasteiger partial charge in [-0.05, 0) is 13.8 Å². The molecule has 0 amide bonds. The lowest BCUT2D eigenvalue weighted by Gasteiger charge is -1.56. The van der Waals surface area contributed by atoms with Crippen LogP contribution in [0.4, 0.5) is 0 Å². The van der Waals surface area contributed by atoms with E-state index in [2.05, 4.69) is 0 Å². The Morgan fingerprint density at radius 2 is 1.75 bits per heavy atom. The molecule has 1 heteroatoms. The van der Waals surface area contributed by atoms with Gasteiger partial charge in [0, 0.05) is 1.43 Å². The molecule has 1 radical (unpaired) electrons. The van der Waals surface area contributed by atoms with Crippen molar-refractivity contribution in [3.8, 4) is 0 Å². The van der Waals surface area contributed by atoms with Gasteiger partial charge >= 0.3 is 0 Å². The van der Waals surface area contributed by atoms with Gasteiger partial charge in [0.25, 0.3) is 0 Å². The quantitative estimate of drug-likeness (QED) is 0.401. The second-order valence-electron chi connectivity index (χ2n) is 0.908. The maximum atomic E-state index is 9.44. The van der Waals surface area contributed by atoms with E-state index in [1.54, 1.807) is 0 Å². The monoisotopic (exact) mass is 59.0 g/mol. The van der Waals surface area contributed by atoms with Gasteiger partial charge in [0.15, 0.2) is 0 Å². The maximum Gasteiger partial charge on any atom is 0.126 e. The number of hydrogen-bond acceptors (Lipinski definition) is 1. The fourth-order valence-electron chi connectivity index (χ4n) is 0. The van der Waals surface area contributed by atoms with Crippen LogP contribution < -0.4 is 0 Å². The van der Waals surface area contributed by atoms with Gasteiger partial charge in [-0.1, -0.05) is 0 Å². The van der Waals surface area contributed by atoms with Crippen LogP contribution in [0.5, 0.6) is 0 Å². The Balaban J connectivity index is 0. The highest BCUT2D eigenvalue weighted by atomic mass is 16.1. The molecule has 0 unspecified atom stereocenters. The normalized spacial score (nSPS) is 6.50. The van der Waals surface area contributed by atoms with Gasteiger partial charge in [0.2, 0.25) is 0 Å². The van der Waals surface area contributed by atoms with E-state index in [4.69, 9.17) is 0 Å². The molecule has 0 N–H and O–H groups in total. The summed E-state index contributed by atoms with van der Waals surface area (Å²) in [5.74, 6) is 0.167. The van der Waals surface area contributed by atoms with Crippen molar-refractivity contribution in [2.24, 2.45) is 0 Å². The molecular weight excluding hydrogens is 52.0 g/mol. The van der Waals surface area contributed by atoms with Crippen molar-refractivity contribution in [2.45, 2.75) is 13.8 Å². The summed E-state index contributed by atoms with van der Waals surface area (Å²) in [7, 11) is 0. The number of rotatable bonds is 0. The Kier molecular flexibility index (Phi) is 0.958. The Bertz CT molecular complexity index is 29.9. The summed E-state index contributed by atoms with van der Waals surface area (Å²) >= 11 is 0. The molecule has 0 saturated carbocycles. The first-order valence-corrected chi connectivity index (χ1v) is 1.20. The van der Waals surface area contributed by atoms with Crippen molar-refractivity contribution in [1.29, 1.82) is 0 Å². The molecule has 0 saturated heterocycles. The lowest BCUT2D eigenvalue weighted by atomic mass is 10.6. The minimum absolute atomic E-state index is 0. The molecule has 0 rings (SSSR count). The van der Waals surface area contributed by atoms with E-state index in [-0.39, 0.29) is 7.21 Å². The fourth-order valence-corrected chi connectivity index (χ4v) is 0. The molecule has 1 nitrogen and oxygen atoms in total. The topological polar surface area (TPSA) is 17.1 Å².